The summed E-state index contributed by atoms with van der Waals surface area (Å²) in [5.41, 5.74) is 3.72. The normalized spacial score (nSPS) is 10.9. The molecule has 0 aliphatic heterocycles. The maximum Gasteiger partial charge on any atom is 0.257 e. The van der Waals surface area contributed by atoms with Gasteiger partial charge in [-0.25, -0.2) is 4.98 Å². The first-order valence-corrected chi connectivity index (χ1v) is 8.86. The van der Waals surface area contributed by atoms with Crippen molar-refractivity contribution >= 4 is 46.0 Å². The van der Waals surface area contributed by atoms with Gasteiger partial charge in [0.25, 0.3) is 5.91 Å². The van der Waals surface area contributed by atoms with Gasteiger partial charge in [-0.15, -0.1) is 0 Å². The van der Waals surface area contributed by atoms with Crippen molar-refractivity contribution in [3.63, 3.8) is 0 Å². The van der Waals surface area contributed by atoms with Gasteiger partial charge in [0.05, 0.1) is 10.6 Å². The number of anilines is 1. The molecule has 0 saturated carbocycles. The van der Waals surface area contributed by atoms with Crippen LogP contribution in [0.2, 0.25) is 10.0 Å². The van der Waals surface area contributed by atoms with E-state index in [1.54, 1.807) is 24.4 Å². The molecular weight excluding hydrogens is 385 g/mol. The van der Waals surface area contributed by atoms with Crippen LogP contribution in [0.5, 0.6) is 0 Å². The smallest absolute Gasteiger partial charge is 0.257 e. The first-order chi connectivity index (χ1) is 13.0. The van der Waals surface area contributed by atoms with Crippen molar-refractivity contribution in [2.45, 2.75) is 6.92 Å². The van der Waals surface area contributed by atoms with Crippen molar-refractivity contribution in [3.05, 3.63) is 75.9 Å². The Morgan fingerprint density at radius 3 is 2.74 bits per heavy atom. The molecular formula is C20H13Cl2N3O2. The predicted molar refractivity (Wildman–Crippen MR) is 106 cm³/mol. The second-order valence-electron chi connectivity index (χ2n) is 5.90. The Hall–Kier alpha value is -2.89. The fraction of sp³-hybridized carbons (Fsp3) is 0.0500. The summed E-state index contributed by atoms with van der Waals surface area (Å²) < 4.78 is 5.79. The third kappa shape index (κ3) is 3.39. The summed E-state index contributed by atoms with van der Waals surface area (Å²) in [5.74, 6) is 0.123. The highest BCUT2D eigenvalue weighted by molar-refractivity contribution is 6.37. The van der Waals surface area contributed by atoms with Gasteiger partial charge in [0.1, 0.15) is 0 Å². The van der Waals surface area contributed by atoms with E-state index in [0.29, 0.717) is 38.4 Å². The molecule has 0 saturated heterocycles. The maximum absolute atomic E-state index is 12.6. The van der Waals surface area contributed by atoms with Crippen molar-refractivity contribution < 1.29 is 9.21 Å². The van der Waals surface area contributed by atoms with Crippen molar-refractivity contribution in [2.24, 2.45) is 0 Å². The number of oxazole rings is 1. The lowest BCUT2D eigenvalue weighted by atomic mass is 10.1. The summed E-state index contributed by atoms with van der Waals surface area (Å²) in [5, 5.41) is 3.64. The van der Waals surface area contributed by atoms with E-state index in [-0.39, 0.29) is 5.91 Å². The molecule has 2 heterocycles. The van der Waals surface area contributed by atoms with Crippen LogP contribution in [0.15, 0.2) is 59.1 Å². The van der Waals surface area contributed by atoms with Crippen LogP contribution in [0.4, 0.5) is 5.69 Å². The predicted octanol–water partition coefficient (Wildman–Crippen LogP) is 5.76. The number of fused-ring (bicyclic) bond motifs is 1. The zero-order valence-corrected chi connectivity index (χ0v) is 15.7. The number of hydrogen-bond acceptors (Lipinski definition) is 4. The summed E-state index contributed by atoms with van der Waals surface area (Å²) in [6.45, 7) is 1.89. The van der Waals surface area contributed by atoms with Gasteiger partial charge in [0.2, 0.25) is 5.89 Å². The Kier molecular flexibility index (Phi) is 4.56. The Bertz CT molecular complexity index is 1140. The zero-order valence-electron chi connectivity index (χ0n) is 14.2. The summed E-state index contributed by atoms with van der Waals surface area (Å²) in [6.07, 6.45) is 1.66. The van der Waals surface area contributed by atoms with Gasteiger partial charge in [-0.2, -0.15) is 4.98 Å². The van der Waals surface area contributed by atoms with Gasteiger partial charge >= 0.3 is 0 Å². The summed E-state index contributed by atoms with van der Waals surface area (Å²) >= 11 is 12.0. The molecule has 4 rings (SSSR count). The number of rotatable bonds is 3. The van der Waals surface area contributed by atoms with Gasteiger partial charge in [0.15, 0.2) is 11.2 Å². The lowest BCUT2D eigenvalue weighted by Crippen LogP contribution is -2.13. The number of nitrogens with one attached hydrogen (secondary N) is 1. The van der Waals surface area contributed by atoms with E-state index in [0.717, 1.165) is 11.1 Å². The lowest BCUT2D eigenvalue weighted by molar-refractivity contribution is 0.102. The molecule has 0 bridgehead atoms. The fourth-order valence-corrected chi connectivity index (χ4v) is 3.24. The molecule has 0 aliphatic carbocycles. The lowest BCUT2D eigenvalue weighted by Gasteiger charge is -2.11. The topological polar surface area (TPSA) is 68.0 Å². The Morgan fingerprint density at radius 2 is 1.96 bits per heavy atom. The Balaban J connectivity index is 1.68. The molecule has 0 unspecified atom stereocenters. The van der Waals surface area contributed by atoms with Crippen LogP contribution in [-0.2, 0) is 0 Å². The molecule has 5 nitrogen and oxygen atoms in total. The number of aromatic nitrogens is 2. The van der Waals surface area contributed by atoms with Crippen LogP contribution >= 0.6 is 23.2 Å². The van der Waals surface area contributed by atoms with Crippen molar-refractivity contribution in [1.29, 1.82) is 0 Å². The quantitative estimate of drug-likeness (QED) is 0.477. The number of amides is 1. The molecule has 0 fully saturated rings. The van der Waals surface area contributed by atoms with Gasteiger partial charge < -0.3 is 9.73 Å². The van der Waals surface area contributed by atoms with E-state index in [1.807, 2.05) is 31.2 Å². The molecule has 7 heteroatoms. The number of pyridine rings is 1. The highest BCUT2D eigenvalue weighted by Gasteiger charge is 2.16. The molecule has 0 aliphatic rings. The highest BCUT2D eigenvalue weighted by atomic mass is 35.5. The molecule has 134 valence electrons. The monoisotopic (exact) mass is 397 g/mol. The van der Waals surface area contributed by atoms with E-state index >= 15 is 0 Å². The third-order valence-electron chi connectivity index (χ3n) is 4.15. The van der Waals surface area contributed by atoms with E-state index in [9.17, 15) is 4.79 Å². The maximum atomic E-state index is 12.6. The summed E-state index contributed by atoms with van der Waals surface area (Å²) in [4.78, 5) is 21.2. The minimum Gasteiger partial charge on any atom is -0.434 e. The first kappa shape index (κ1) is 17.5. The van der Waals surface area contributed by atoms with Crippen LogP contribution in [0.3, 0.4) is 0 Å². The second kappa shape index (κ2) is 7.02. The van der Waals surface area contributed by atoms with E-state index < -0.39 is 0 Å². The molecule has 0 atom stereocenters. The summed E-state index contributed by atoms with van der Waals surface area (Å²) in [6, 6.07) is 13.9. The van der Waals surface area contributed by atoms with E-state index in [2.05, 4.69) is 15.3 Å². The van der Waals surface area contributed by atoms with Crippen LogP contribution < -0.4 is 5.32 Å². The Labute approximate surface area is 165 Å². The number of benzene rings is 2. The SMILES string of the molecule is Cc1c(NC(=O)c2ccc(Cl)cc2Cl)cccc1-c1nc2ncccc2o1. The summed E-state index contributed by atoms with van der Waals surface area (Å²) in [7, 11) is 0. The largest absolute Gasteiger partial charge is 0.434 e. The molecule has 0 spiro atoms. The minimum atomic E-state index is -0.323. The van der Waals surface area contributed by atoms with Crippen LogP contribution in [0.25, 0.3) is 22.7 Å². The van der Waals surface area contributed by atoms with Crippen molar-refractivity contribution in [1.82, 2.24) is 9.97 Å². The number of carbonyl (C=O) groups excluding carboxylic acids is 1. The fourth-order valence-electron chi connectivity index (χ4n) is 2.75. The molecule has 2 aromatic carbocycles. The molecule has 27 heavy (non-hydrogen) atoms. The highest BCUT2D eigenvalue weighted by Crippen LogP contribution is 2.30. The first-order valence-electron chi connectivity index (χ1n) is 8.11. The Morgan fingerprint density at radius 1 is 1.11 bits per heavy atom. The molecule has 1 N–H and O–H groups in total. The molecule has 0 radical (unpaired) electrons. The van der Waals surface area contributed by atoms with Crippen molar-refractivity contribution in [2.75, 3.05) is 5.32 Å². The number of nitrogens with zero attached hydrogens (tertiary/aromatic N) is 2. The molecule has 2 aromatic heterocycles. The zero-order chi connectivity index (χ0) is 19.0. The minimum absolute atomic E-state index is 0.291. The number of carbonyl (C=O) groups is 1. The van der Waals surface area contributed by atoms with Gasteiger partial charge in [-0.05, 0) is 55.0 Å². The standard InChI is InChI=1S/C20H13Cl2N3O2/c1-11-13(20-25-18-17(27-20)6-3-9-23-18)4-2-5-16(11)24-19(26)14-8-7-12(21)10-15(14)22/h2-10H,1H3,(H,24,26). The van der Waals surface area contributed by atoms with Crippen molar-refractivity contribution in [3.8, 4) is 11.5 Å². The van der Waals surface area contributed by atoms with Gasteiger partial charge in [0, 0.05) is 22.5 Å². The average Bonchev–Trinajstić information content (AvgIpc) is 3.07. The van der Waals surface area contributed by atoms with Gasteiger partial charge in [-0.1, -0.05) is 29.3 Å². The van der Waals surface area contributed by atoms with E-state index in [1.165, 1.54) is 6.07 Å². The van der Waals surface area contributed by atoms with Crippen LogP contribution in [0.1, 0.15) is 15.9 Å². The third-order valence-corrected chi connectivity index (χ3v) is 4.70. The molecule has 1 amide bonds. The second-order valence-corrected chi connectivity index (χ2v) is 6.74. The van der Waals surface area contributed by atoms with Gasteiger partial charge in [-0.3, -0.25) is 4.79 Å². The average molecular weight is 398 g/mol. The van der Waals surface area contributed by atoms with E-state index in [4.69, 9.17) is 27.6 Å². The van der Waals surface area contributed by atoms with Crippen LogP contribution in [0, 0.1) is 6.92 Å². The molecule has 4 aromatic rings. The number of halogens is 2. The van der Waals surface area contributed by atoms with Crippen LogP contribution in [-0.4, -0.2) is 15.9 Å². The number of hydrogen-bond donors (Lipinski definition) is 1.